The van der Waals surface area contributed by atoms with Gasteiger partial charge in [0.25, 0.3) is 0 Å². The zero-order chi connectivity index (χ0) is 29.7. The van der Waals surface area contributed by atoms with Gasteiger partial charge in [-0.15, -0.1) is 0 Å². The number of carbonyl (C=O) groups is 5. The average molecular weight is 568 g/mol. The van der Waals surface area contributed by atoms with E-state index in [1.54, 1.807) is 0 Å². The summed E-state index contributed by atoms with van der Waals surface area (Å²) < 4.78 is 43.0. The van der Waals surface area contributed by atoms with Gasteiger partial charge in [0.2, 0.25) is 12.4 Å². The van der Waals surface area contributed by atoms with Crippen molar-refractivity contribution in [2.24, 2.45) is 5.11 Å². The van der Waals surface area contributed by atoms with Gasteiger partial charge in [0.1, 0.15) is 18.1 Å². The van der Waals surface area contributed by atoms with Crippen LogP contribution in [0.1, 0.15) is 31.1 Å². The highest BCUT2D eigenvalue weighted by molar-refractivity contribution is 5.80. The Morgan fingerprint density at radius 2 is 1.62 bits per heavy atom. The van der Waals surface area contributed by atoms with Gasteiger partial charge in [-0.2, -0.15) is 0 Å². The van der Waals surface area contributed by atoms with E-state index in [2.05, 4.69) is 10.0 Å². The molecule has 218 valence electrons. The van der Waals surface area contributed by atoms with Crippen molar-refractivity contribution in [1.82, 2.24) is 0 Å². The highest BCUT2D eigenvalue weighted by Gasteiger charge is 2.56. The molecule has 0 N–H and O–H groups in total. The topological polar surface area (TPSA) is 208 Å². The number of hydrogen-bond acceptors (Lipinski definition) is 14. The number of azide groups is 1. The molecule has 1 aromatic rings. The zero-order valence-corrected chi connectivity index (χ0v) is 22.2. The fourth-order valence-corrected chi connectivity index (χ4v) is 3.57. The van der Waals surface area contributed by atoms with Crippen molar-refractivity contribution in [3.63, 3.8) is 0 Å². The number of methoxy groups -OCH3 is 1. The summed E-state index contributed by atoms with van der Waals surface area (Å²) in [7, 11) is 1.05. The van der Waals surface area contributed by atoms with Gasteiger partial charge in [-0.25, -0.2) is 4.79 Å². The lowest BCUT2D eigenvalue weighted by molar-refractivity contribution is -0.282. The highest BCUT2D eigenvalue weighted by Crippen LogP contribution is 2.33. The third-order valence-corrected chi connectivity index (χ3v) is 5.08. The van der Waals surface area contributed by atoms with Gasteiger partial charge < -0.3 is 37.9 Å². The van der Waals surface area contributed by atoms with E-state index in [4.69, 9.17) is 43.4 Å². The van der Waals surface area contributed by atoms with Crippen molar-refractivity contribution in [1.29, 1.82) is 0 Å². The molecule has 0 aliphatic carbocycles. The first-order chi connectivity index (χ1) is 19.1. The molecule has 0 amide bonds. The van der Waals surface area contributed by atoms with Crippen molar-refractivity contribution >= 4 is 30.2 Å². The molecule has 16 nitrogen and oxygen atoms in total. The third-order valence-electron chi connectivity index (χ3n) is 5.08. The molecule has 0 spiro atoms. The number of nitrogens with zero attached hydrogens (tertiary/aromatic N) is 3. The van der Waals surface area contributed by atoms with Crippen LogP contribution in [0.5, 0.6) is 11.5 Å². The Morgan fingerprint density at radius 3 is 2.23 bits per heavy atom. The largest absolute Gasteiger partial charge is 0.491 e. The summed E-state index contributed by atoms with van der Waals surface area (Å²) in [6, 6.07) is 4.20. The molecule has 5 atom stereocenters. The molecule has 40 heavy (non-hydrogen) atoms. The Bertz CT molecular complexity index is 1120. The Labute approximate surface area is 228 Å². The quantitative estimate of drug-likeness (QED) is 0.0591. The predicted molar refractivity (Wildman–Crippen MR) is 130 cm³/mol. The molecule has 1 saturated heterocycles. The summed E-state index contributed by atoms with van der Waals surface area (Å²) in [5.41, 5.74) is 8.29. The number of hydrogen-bond donors (Lipinski definition) is 0. The van der Waals surface area contributed by atoms with Gasteiger partial charge in [-0.1, -0.05) is 5.11 Å². The van der Waals surface area contributed by atoms with Crippen LogP contribution >= 0.6 is 0 Å². The number of carbonyl (C=O) groups excluding carboxylic acids is 5. The van der Waals surface area contributed by atoms with Crippen LogP contribution in [0.2, 0.25) is 0 Å². The summed E-state index contributed by atoms with van der Waals surface area (Å²) >= 11 is 0. The minimum Gasteiger partial charge on any atom is -0.491 e. The second kappa shape index (κ2) is 15.9. The molecule has 1 unspecified atom stereocenters. The van der Waals surface area contributed by atoms with Crippen LogP contribution in [0.25, 0.3) is 10.4 Å². The molecule has 0 saturated carbocycles. The van der Waals surface area contributed by atoms with Crippen LogP contribution in [-0.4, -0.2) is 94.3 Å². The highest BCUT2D eigenvalue weighted by atomic mass is 16.7. The molecule has 1 aliphatic rings. The normalized spacial score (nSPS) is 21.6. The van der Waals surface area contributed by atoms with E-state index >= 15 is 0 Å². The molecule has 1 heterocycles. The Morgan fingerprint density at radius 1 is 0.975 bits per heavy atom. The number of benzene rings is 1. The molecular weight excluding hydrogens is 538 g/mol. The summed E-state index contributed by atoms with van der Waals surface area (Å²) in [5.74, 6) is -3.41. The third kappa shape index (κ3) is 9.41. The van der Waals surface area contributed by atoms with E-state index in [9.17, 15) is 24.0 Å². The fraction of sp³-hybridized carbons (Fsp3) is 0.542. The Kier molecular flexibility index (Phi) is 12.6. The van der Waals surface area contributed by atoms with Crippen molar-refractivity contribution in [3.05, 3.63) is 34.2 Å². The first-order valence-electron chi connectivity index (χ1n) is 11.8. The molecular formula is C24H29N3O13. The van der Waals surface area contributed by atoms with Crippen molar-refractivity contribution in [3.8, 4) is 11.5 Å². The van der Waals surface area contributed by atoms with E-state index < -0.39 is 54.6 Å². The maximum Gasteiger partial charge on any atom is 0.339 e. The van der Waals surface area contributed by atoms with Gasteiger partial charge in [0.05, 0.1) is 25.9 Å². The SMILES string of the molecule is COC(=O)C1O[C@@H](Oc2cc(OCCOCCN=[N+]=[N-])ccc2C=O)[C@H](OC(C)=O)[C@@H](OC(C)=O)[C@@H]1OC(C)=O. The second-order valence-electron chi connectivity index (χ2n) is 8.02. The van der Waals surface area contributed by atoms with Gasteiger partial charge in [0, 0.05) is 38.3 Å². The lowest BCUT2D eigenvalue weighted by Crippen LogP contribution is -2.64. The zero-order valence-electron chi connectivity index (χ0n) is 22.2. The lowest BCUT2D eigenvalue weighted by atomic mass is 9.97. The minimum absolute atomic E-state index is 0.0314. The number of ether oxygens (including phenoxy) is 8. The van der Waals surface area contributed by atoms with E-state index in [0.29, 0.717) is 6.29 Å². The standard InChI is InChI=1S/C24H29N3O13/c1-13(29)36-19-20(37-14(2)30)22(38-15(3)31)24(40-21(19)23(32)33-4)39-18-11-17(6-5-16(18)12-28)35-10-9-34-8-7-26-27-25/h5-6,11-12,19-22,24H,7-10H2,1-4H3/t19-,20-,21?,22+,24+/m0/s1. The predicted octanol–water partition coefficient (Wildman–Crippen LogP) is 1.28. The lowest BCUT2D eigenvalue weighted by Gasteiger charge is -2.43. The smallest absolute Gasteiger partial charge is 0.339 e. The molecule has 0 bridgehead atoms. The van der Waals surface area contributed by atoms with Crippen molar-refractivity contribution < 1.29 is 61.9 Å². The van der Waals surface area contributed by atoms with Crippen LogP contribution in [0, 0.1) is 0 Å². The van der Waals surface area contributed by atoms with E-state index in [-0.39, 0.29) is 43.4 Å². The number of esters is 4. The molecule has 2 rings (SSSR count). The summed E-state index contributed by atoms with van der Waals surface area (Å²) in [4.78, 5) is 62.6. The van der Waals surface area contributed by atoms with Gasteiger partial charge >= 0.3 is 23.9 Å². The fourth-order valence-electron chi connectivity index (χ4n) is 3.57. The van der Waals surface area contributed by atoms with E-state index in [1.165, 1.54) is 18.2 Å². The molecule has 1 aliphatic heterocycles. The molecule has 0 radical (unpaired) electrons. The second-order valence-corrected chi connectivity index (χ2v) is 8.02. The molecule has 1 aromatic carbocycles. The monoisotopic (exact) mass is 567 g/mol. The minimum atomic E-state index is -1.67. The van der Waals surface area contributed by atoms with Crippen LogP contribution in [-0.2, 0) is 47.6 Å². The summed E-state index contributed by atoms with van der Waals surface area (Å²) in [6.45, 7) is 3.78. The molecule has 16 heteroatoms. The summed E-state index contributed by atoms with van der Waals surface area (Å²) in [6.07, 6.45) is -7.53. The summed E-state index contributed by atoms with van der Waals surface area (Å²) in [5, 5.41) is 3.34. The van der Waals surface area contributed by atoms with Crippen LogP contribution in [0.4, 0.5) is 0 Å². The van der Waals surface area contributed by atoms with Crippen molar-refractivity contribution in [2.75, 3.05) is 33.5 Å². The maximum atomic E-state index is 12.6. The molecule has 1 fully saturated rings. The van der Waals surface area contributed by atoms with Crippen LogP contribution < -0.4 is 9.47 Å². The average Bonchev–Trinajstić information content (AvgIpc) is 2.90. The van der Waals surface area contributed by atoms with Crippen LogP contribution in [0.3, 0.4) is 0 Å². The first-order valence-corrected chi connectivity index (χ1v) is 11.8. The Hall–Kier alpha value is -4.40. The van der Waals surface area contributed by atoms with Gasteiger partial charge in [-0.3, -0.25) is 19.2 Å². The number of aldehydes is 1. The van der Waals surface area contributed by atoms with E-state index in [1.807, 2.05) is 0 Å². The first kappa shape index (κ1) is 31.8. The van der Waals surface area contributed by atoms with Gasteiger partial charge in [-0.05, 0) is 17.7 Å². The van der Waals surface area contributed by atoms with Crippen molar-refractivity contribution in [2.45, 2.75) is 51.5 Å². The van der Waals surface area contributed by atoms with Crippen LogP contribution in [0.15, 0.2) is 23.3 Å². The maximum absolute atomic E-state index is 12.6. The molecule has 0 aromatic heterocycles. The number of rotatable bonds is 14. The van der Waals surface area contributed by atoms with E-state index in [0.717, 1.165) is 27.9 Å². The van der Waals surface area contributed by atoms with Gasteiger partial charge in [0.15, 0.2) is 24.6 Å². The Balaban J connectivity index is 2.38.